The van der Waals surface area contributed by atoms with E-state index in [1.807, 2.05) is 37.4 Å². The Balaban J connectivity index is 1.95. The summed E-state index contributed by atoms with van der Waals surface area (Å²) in [5.41, 5.74) is 9.45. The van der Waals surface area contributed by atoms with E-state index in [0.29, 0.717) is 6.54 Å². The van der Waals surface area contributed by atoms with Crippen molar-refractivity contribution >= 4 is 5.69 Å². The normalized spacial score (nSPS) is 10.8. The van der Waals surface area contributed by atoms with Crippen LogP contribution in [0.4, 0.5) is 10.1 Å². The van der Waals surface area contributed by atoms with E-state index >= 15 is 0 Å². The minimum Gasteiger partial charge on any atom is -0.399 e. The van der Waals surface area contributed by atoms with Crippen LogP contribution >= 0.6 is 0 Å². The van der Waals surface area contributed by atoms with Crippen LogP contribution in [0.3, 0.4) is 0 Å². The lowest BCUT2D eigenvalue weighted by Crippen LogP contribution is -2.01. The molecule has 1 aromatic heterocycles. The molecule has 0 unspecified atom stereocenters. The van der Waals surface area contributed by atoms with Crippen LogP contribution in [-0.4, -0.2) is 9.55 Å². The number of benzene rings is 2. The average Bonchev–Trinajstić information content (AvgIpc) is 2.83. The number of aryl methyl sites for hydroxylation is 1. The Morgan fingerprint density at radius 1 is 1.05 bits per heavy atom. The molecule has 21 heavy (non-hydrogen) atoms. The van der Waals surface area contributed by atoms with Crippen LogP contribution in [0.2, 0.25) is 0 Å². The highest BCUT2D eigenvalue weighted by atomic mass is 19.1. The van der Waals surface area contributed by atoms with Gasteiger partial charge in [-0.25, -0.2) is 9.37 Å². The number of rotatable bonds is 3. The summed E-state index contributed by atoms with van der Waals surface area (Å²) < 4.78 is 15.0. The van der Waals surface area contributed by atoms with Gasteiger partial charge in [-0.05, 0) is 48.9 Å². The van der Waals surface area contributed by atoms with Crippen LogP contribution in [0.25, 0.3) is 11.4 Å². The minimum absolute atomic E-state index is 0.223. The quantitative estimate of drug-likeness (QED) is 0.745. The van der Waals surface area contributed by atoms with E-state index in [1.54, 1.807) is 12.1 Å². The monoisotopic (exact) mass is 281 g/mol. The van der Waals surface area contributed by atoms with E-state index in [4.69, 9.17) is 5.73 Å². The number of halogens is 1. The van der Waals surface area contributed by atoms with Gasteiger partial charge in [0.15, 0.2) is 0 Å². The molecule has 0 radical (unpaired) electrons. The van der Waals surface area contributed by atoms with Crippen molar-refractivity contribution in [2.45, 2.75) is 13.5 Å². The highest BCUT2D eigenvalue weighted by Gasteiger charge is 2.08. The Bertz CT molecular complexity index is 743. The van der Waals surface area contributed by atoms with Gasteiger partial charge in [0, 0.05) is 24.0 Å². The number of nitrogens with two attached hydrogens (primary N) is 1. The maximum atomic E-state index is 13.0. The van der Waals surface area contributed by atoms with Gasteiger partial charge in [0.05, 0.1) is 5.69 Å². The summed E-state index contributed by atoms with van der Waals surface area (Å²) in [6, 6.07) is 14.2. The van der Waals surface area contributed by atoms with Crippen molar-refractivity contribution in [2.24, 2.45) is 0 Å². The van der Waals surface area contributed by atoms with Gasteiger partial charge in [-0.1, -0.05) is 12.1 Å². The summed E-state index contributed by atoms with van der Waals surface area (Å²) in [6.45, 7) is 2.61. The maximum absolute atomic E-state index is 13.0. The predicted octanol–water partition coefficient (Wildman–Crippen LogP) is 3.63. The molecule has 0 aliphatic rings. The van der Waals surface area contributed by atoms with E-state index in [0.717, 1.165) is 28.3 Å². The smallest absolute Gasteiger partial charge is 0.140 e. The second-order valence-electron chi connectivity index (χ2n) is 5.08. The van der Waals surface area contributed by atoms with Crippen LogP contribution in [0.5, 0.6) is 0 Å². The standard InChI is InChI=1S/C17H16FN3/c1-12-10-21(11-13-2-6-15(18)7-3-13)17(20-12)14-4-8-16(19)9-5-14/h2-10H,11,19H2,1H3. The summed E-state index contributed by atoms with van der Waals surface area (Å²) in [7, 11) is 0. The lowest BCUT2D eigenvalue weighted by atomic mass is 10.2. The fraction of sp³-hybridized carbons (Fsp3) is 0.118. The third-order valence-electron chi connectivity index (χ3n) is 3.33. The Morgan fingerprint density at radius 3 is 2.38 bits per heavy atom. The van der Waals surface area contributed by atoms with Crippen LogP contribution in [0.1, 0.15) is 11.3 Å². The SMILES string of the molecule is Cc1cn(Cc2ccc(F)cc2)c(-c2ccc(N)cc2)n1. The molecular weight excluding hydrogens is 265 g/mol. The lowest BCUT2D eigenvalue weighted by Gasteiger charge is -2.08. The third-order valence-corrected chi connectivity index (χ3v) is 3.33. The number of aromatic nitrogens is 2. The molecule has 0 amide bonds. The molecular formula is C17H16FN3. The molecule has 1 heterocycles. The molecule has 0 fully saturated rings. The van der Waals surface area contributed by atoms with E-state index in [-0.39, 0.29) is 5.82 Å². The number of imidazole rings is 1. The molecule has 3 aromatic rings. The lowest BCUT2D eigenvalue weighted by molar-refractivity contribution is 0.626. The first-order chi connectivity index (χ1) is 10.1. The second-order valence-corrected chi connectivity index (χ2v) is 5.08. The van der Waals surface area contributed by atoms with Crippen molar-refractivity contribution in [2.75, 3.05) is 5.73 Å². The minimum atomic E-state index is -0.223. The zero-order valence-electron chi connectivity index (χ0n) is 11.8. The van der Waals surface area contributed by atoms with E-state index in [1.165, 1.54) is 12.1 Å². The van der Waals surface area contributed by atoms with E-state index in [9.17, 15) is 4.39 Å². The van der Waals surface area contributed by atoms with Crippen molar-refractivity contribution in [3.8, 4) is 11.4 Å². The van der Waals surface area contributed by atoms with Crippen LogP contribution in [0, 0.1) is 12.7 Å². The molecule has 2 aromatic carbocycles. The first kappa shape index (κ1) is 13.4. The summed E-state index contributed by atoms with van der Waals surface area (Å²) in [5, 5.41) is 0. The predicted molar refractivity (Wildman–Crippen MR) is 82.3 cm³/mol. The van der Waals surface area contributed by atoms with Crippen LogP contribution < -0.4 is 5.73 Å². The summed E-state index contributed by atoms with van der Waals surface area (Å²) in [5.74, 6) is 0.663. The Labute approximate surface area is 122 Å². The molecule has 0 bridgehead atoms. The molecule has 3 rings (SSSR count). The summed E-state index contributed by atoms with van der Waals surface area (Å²) >= 11 is 0. The first-order valence-electron chi connectivity index (χ1n) is 6.76. The Kier molecular flexibility index (Phi) is 3.44. The molecule has 0 aliphatic carbocycles. The molecule has 0 atom stereocenters. The van der Waals surface area contributed by atoms with Crippen LogP contribution in [-0.2, 0) is 6.54 Å². The first-order valence-corrected chi connectivity index (χ1v) is 6.76. The average molecular weight is 281 g/mol. The highest BCUT2D eigenvalue weighted by molar-refractivity contribution is 5.59. The van der Waals surface area contributed by atoms with Gasteiger partial charge in [-0.3, -0.25) is 0 Å². The molecule has 4 heteroatoms. The van der Waals surface area contributed by atoms with Gasteiger partial charge in [0.2, 0.25) is 0 Å². The topological polar surface area (TPSA) is 43.8 Å². The van der Waals surface area contributed by atoms with Crippen molar-refractivity contribution in [1.82, 2.24) is 9.55 Å². The van der Waals surface area contributed by atoms with Crippen molar-refractivity contribution in [3.63, 3.8) is 0 Å². The van der Waals surface area contributed by atoms with Gasteiger partial charge >= 0.3 is 0 Å². The maximum Gasteiger partial charge on any atom is 0.140 e. The largest absolute Gasteiger partial charge is 0.399 e. The molecule has 0 aliphatic heterocycles. The number of nitrogen functional groups attached to an aromatic ring is 1. The fourth-order valence-corrected chi connectivity index (χ4v) is 2.32. The number of anilines is 1. The molecule has 3 nitrogen and oxygen atoms in total. The molecule has 2 N–H and O–H groups in total. The summed E-state index contributed by atoms with van der Waals surface area (Å²) in [6.07, 6.45) is 2.00. The Morgan fingerprint density at radius 2 is 1.71 bits per heavy atom. The molecule has 0 saturated heterocycles. The van der Waals surface area contributed by atoms with Crippen molar-refractivity contribution in [1.29, 1.82) is 0 Å². The van der Waals surface area contributed by atoms with E-state index < -0.39 is 0 Å². The third kappa shape index (κ3) is 2.94. The van der Waals surface area contributed by atoms with E-state index in [2.05, 4.69) is 9.55 Å². The van der Waals surface area contributed by atoms with Crippen molar-refractivity contribution < 1.29 is 4.39 Å². The zero-order chi connectivity index (χ0) is 14.8. The fourth-order valence-electron chi connectivity index (χ4n) is 2.32. The van der Waals surface area contributed by atoms with Gasteiger partial charge in [0.1, 0.15) is 11.6 Å². The van der Waals surface area contributed by atoms with Crippen molar-refractivity contribution in [3.05, 3.63) is 71.8 Å². The number of hydrogen-bond acceptors (Lipinski definition) is 2. The summed E-state index contributed by atoms with van der Waals surface area (Å²) in [4.78, 5) is 4.57. The van der Waals surface area contributed by atoms with Gasteiger partial charge in [-0.2, -0.15) is 0 Å². The highest BCUT2D eigenvalue weighted by Crippen LogP contribution is 2.21. The van der Waals surface area contributed by atoms with Gasteiger partial charge in [0.25, 0.3) is 0 Å². The molecule has 106 valence electrons. The van der Waals surface area contributed by atoms with Gasteiger partial charge in [-0.15, -0.1) is 0 Å². The van der Waals surface area contributed by atoms with Gasteiger partial charge < -0.3 is 10.3 Å². The molecule has 0 spiro atoms. The number of nitrogens with zero attached hydrogens (tertiary/aromatic N) is 2. The second kappa shape index (κ2) is 5.40. The van der Waals surface area contributed by atoms with Crippen LogP contribution in [0.15, 0.2) is 54.7 Å². The number of hydrogen-bond donors (Lipinski definition) is 1. The molecule has 0 saturated carbocycles. The Hall–Kier alpha value is -2.62. The zero-order valence-corrected chi connectivity index (χ0v) is 11.8.